The topological polar surface area (TPSA) is 32.8 Å². The molecule has 1 aromatic rings. The zero-order chi connectivity index (χ0) is 18.1. The van der Waals surface area contributed by atoms with Crippen molar-refractivity contribution in [2.45, 2.75) is 38.9 Å². The largest absolute Gasteiger partial charge is 0.416 e. The number of anilines is 1. The van der Waals surface area contributed by atoms with Crippen LogP contribution in [0, 0.1) is 5.82 Å². The lowest BCUT2D eigenvalue weighted by Gasteiger charge is -2.36. The van der Waals surface area contributed by atoms with Crippen molar-refractivity contribution in [3.8, 4) is 0 Å². The van der Waals surface area contributed by atoms with E-state index in [0.717, 1.165) is 0 Å². The Morgan fingerprint density at radius 2 is 2.00 bits per heavy atom. The second kappa shape index (κ2) is 7.23. The van der Waals surface area contributed by atoms with E-state index in [-0.39, 0.29) is 10.9 Å². The predicted octanol–water partition coefficient (Wildman–Crippen LogP) is 4.22. The maximum atomic E-state index is 14.1. The van der Waals surface area contributed by atoms with Gasteiger partial charge in [-0.05, 0) is 36.3 Å². The Bertz CT molecular complexity index is 619. The molecule has 1 saturated heterocycles. The number of amides is 1. The Morgan fingerprint density at radius 3 is 2.58 bits per heavy atom. The number of benzene rings is 1. The molecule has 1 aliphatic rings. The molecule has 24 heavy (non-hydrogen) atoms. The molecule has 0 atom stereocenters. The summed E-state index contributed by atoms with van der Waals surface area (Å²) in [6.07, 6.45) is 0. The Balaban J connectivity index is 1.93. The average Bonchev–Trinajstić information content (AvgIpc) is 2.78. The second-order valence-electron chi connectivity index (χ2n) is 7.72. The molecule has 0 bridgehead atoms. The molecule has 1 aliphatic heterocycles. The highest BCUT2D eigenvalue weighted by molar-refractivity contribution is 9.10. The summed E-state index contributed by atoms with van der Waals surface area (Å²) in [6.45, 7) is 13.0. The highest BCUT2D eigenvalue weighted by Gasteiger charge is 2.37. The minimum atomic E-state index is -1.78. The van der Waals surface area contributed by atoms with E-state index in [1.165, 1.54) is 11.0 Å². The van der Waals surface area contributed by atoms with Crippen molar-refractivity contribution in [2.75, 3.05) is 31.3 Å². The quantitative estimate of drug-likeness (QED) is 0.673. The van der Waals surface area contributed by atoms with Crippen LogP contribution in [0.25, 0.3) is 0 Å². The van der Waals surface area contributed by atoms with Gasteiger partial charge in [0.05, 0.1) is 18.9 Å². The molecule has 0 aromatic heterocycles. The fourth-order valence-electron chi connectivity index (χ4n) is 2.31. The molecule has 0 radical (unpaired) electrons. The zero-order valence-corrected chi connectivity index (χ0v) is 17.6. The molecular formula is C17H26BrFN2O2Si. The highest BCUT2D eigenvalue weighted by Crippen LogP contribution is 2.36. The van der Waals surface area contributed by atoms with Crippen molar-refractivity contribution in [3.05, 3.63) is 28.5 Å². The molecule has 0 saturated carbocycles. The van der Waals surface area contributed by atoms with E-state index in [1.807, 2.05) is 4.90 Å². The van der Waals surface area contributed by atoms with Crippen LogP contribution in [0.4, 0.5) is 10.1 Å². The van der Waals surface area contributed by atoms with Crippen molar-refractivity contribution in [2.24, 2.45) is 0 Å². The maximum Gasteiger partial charge on any atom is 0.242 e. The lowest BCUT2D eigenvalue weighted by Crippen LogP contribution is -2.42. The zero-order valence-electron chi connectivity index (χ0n) is 15.0. The van der Waals surface area contributed by atoms with Crippen LogP contribution in [0.2, 0.25) is 18.1 Å². The summed E-state index contributed by atoms with van der Waals surface area (Å²) in [5.41, 5.74) is 0.330. The monoisotopic (exact) mass is 416 g/mol. The van der Waals surface area contributed by atoms with Crippen LogP contribution in [0.5, 0.6) is 0 Å². The summed E-state index contributed by atoms with van der Waals surface area (Å²) in [5.74, 6) is -0.472. The third kappa shape index (κ3) is 4.44. The first-order valence-electron chi connectivity index (χ1n) is 8.13. The first-order valence-corrected chi connectivity index (χ1v) is 11.8. The van der Waals surface area contributed by atoms with E-state index in [0.29, 0.717) is 36.5 Å². The number of rotatable bonds is 5. The predicted molar refractivity (Wildman–Crippen MR) is 101 cm³/mol. The number of halogens is 2. The Morgan fingerprint density at radius 1 is 1.33 bits per heavy atom. The summed E-state index contributed by atoms with van der Waals surface area (Å²) >= 11 is 3.23. The van der Waals surface area contributed by atoms with E-state index in [1.54, 1.807) is 12.1 Å². The van der Waals surface area contributed by atoms with E-state index in [9.17, 15) is 9.18 Å². The van der Waals surface area contributed by atoms with E-state index >= 15 is 0 Å². The van der Waals surface area contributed by atoms with Gasteiger partial charge in [-0.2, -0.15) is 0 Å². The van der Waals surface area contributed by atoms with Gasteiger partial charge >= 0.3 is 0 Å². The summed E-state index contributed by atoms with van der Waals surface area (Å²) < 4.78 is 20.9. The van der Waals surface area contributed by atoms with E-state index in [2.05, 4.69) is 49.8 Å². The standard InChI is InChI=1S/C17H26BrFN2O2Si/c1-17(2,3)24(4,5)23-9-8-20-11-16(22)21(12-20)15-7-6-13(18)10-14(15)19/h6-7,10H,8-9,11-12H2,1-5H3. The van der Waals surface area contributed by atoms with Crippen LogP contribution in [-0.2, 0) is 9.22 Å². The first-order chi connectivity index (χ1) is 11.0. The van der Waals surface area contributed by atoms with Crippen molar-refractivity contribution in [1.82, 2.24) is 4.90 Å². The lowest BCUT2D eigenvalue weighted by atomic mass is 10.2. The maximum absolute atomic E-state index is 14.1. The molecule has 4 nitrogen and oxygen atoms in total. The van der Waals surface area contributed by atoms with Gasteiger partial charge < -0.3 is 4.43 Å². The lowest BCUT2D eigenvalue weighted by molar-refractivity contribution is -0.116. The van der Waals surface area contributed by atoms with Crippen LogP contribution in [0.1, 0.15) is 20.8 Å². The van der Waals surface area contributed by atoms with Crippen molar-refractivity contribution >= 4 is 35.8 Å². The van der Waals surface area contributed by atoms with Crippen LogP contribution < -0.4 is 4.90 Å². The molecule has 2 rings (SSSR count). The minimum Gasteiger partial charge on any atom is -0.416 e. The molecular weight excluding hydrogens is 391 g/mol. The molecule has 0 aliphatic carbocycles. The van der Waals surface area contributed by atoms with Gasteiger partial charge in [0.2, 0.25) is 5.91 Å². The molecule has 7 heteroatoms. The number of hydrogen-bond donors (Lipinski definition) is 0. The molecule has 0 unspecified atom stereocenters. The van der Waals surface area contributed by atoms with Gasteiger partial charge in [-0.15, -0.1) is 0 Å². The van der Waals surface area contributed by atoms with Crippen molar-refractivity contribution in [3.63, 3.8) is 0 Å². The molecule has 1 heterocycles. The number of carbonyl (C=O) groups excluding carboxylic acids is 1. The first kappa shape index (κ1) is 19.6. The molecule has 134 valence electrons. The summed E-state index contributed by atoms with van der Waals surface area (Å²) in [7, 11) is -1.78. The van der Waals surface area contributed by atoms with Crippen molar-refractivity contribution < 1.29 is 13.6 Å². The van der Waals surface area contributed by atoms with E-state index in [4.69, 9.17) is 4.43 Å². The van der Waals surface area contributed by atoms with Crippen LogP contribution >= 0.6 is 15.9 Å². The van der Waals surface area contributed by atoms with Crippen LogP contribution in [0.3, 0.4) is 0 Å². The number of hydrogen-bond acceptors (Lipinski definition) is 3. The average molecular weight is 417 g/mol. The second-order valence-corrected chi connectivity index (χ2v) is 13.4. The Labute approximate surface area is 153 Å². The molecule has 0 N–H and O–H groups in total. The van der Waals surface area contributed by atoms with Gasteiger partial charge in [0.25, 0.3) is 0 Å². The van der Waals surface area contributed by atoms with E-state index < -0.39 is 14.1 Å². The fraction of sp³-hybridized carbons (Fsp3) is 0.588. The van der Waals surface area contributed by atoms with Crippen LogP contribution in [-0.4, -0.2) is 45.5 Å². The summed E-state index contributed by atoms with van der Waals surface area (Å²) in [4.78, 5) is 15.7. The van der Waals surface area contributed by atoms with Gasteiger partial charge in [-0.3, -0.25) is 14.6 Å². The van der Waals surface area contributed by atoms with Gasteiger partial charge in [0, 0.05) is 17.6 Å². The van der Waals surface area contributed by atoms with Crippen molar-refractivity contribution in [1.29, 1.82) is 0 Å². The third-order valence-electron chi connectivity index (χ3n) is 4.88. The van der Waals surface area contributed by atoms with Gasteiger partial charge in [-0.1, -0.05) is 36.7 Å². The summed E-state index contributed by atoms with van der Waals surface area (Å²) in [5, 5.41) is 0.167. The summed E-state index contributed by atoms with van der Waals surface area (Å²) in [6, 6.07) is 4.76. The fourth-order valence-corrected chi connectivity index (χ4v) is 3.68. The smallest absolute Gasteiger partial charge is 0.242 e. The third-order valence-corrected chi connectivity index (χ3v) is 9.91. The Kier molecular flexibility index (Phi) is 5.89. The minimum absolute atomic E-state index is 0.0800. The molecule has 1 amide bonds. The molecule has 0 spiro atoms. The Hall–Kier alpha value is -0.763. The van der Waals surface area contributed by atoms with Gasteiger partial charge in [0.1, 0.15) is 5.82 Å². The number of carbonyl (C=O) groups is 1. The molecule has 1 aromatic carbocycles. The van der Waals surface area contributed by atoms with Gasteiger partial charge in [-0.25, -0.2) is 4.39 Å². The van der Waals surface area contributed by atoms with Crippen LogP contribution in [0.15, 0.2) is 22.7 Å². The SMILES string of the molecule is CC(C)(C)[Si](C)(C)OCCN1CC(=O)N(c2ccc(Br)cc2F)C1. The number of nitrogens with zero attached hydrogens (tertiary/aromatic N) is 2. The van der Waals surface area contributed by atoms with Gasteiger partial charge in [0.15, 0.2) is 8.32 Å². The highest BCUT2D eigenvalue weighted by atomic mass is 79.9. The molecule has 1 fully saturated rings. The normalized spacial score (nSPS) is 17.0.